The Morgan fingerprint density at radius 2 is 2.12 bits per heavy atom. The predicted octanol–water partition coefficient (Wildman–Crippen LogP) is 2.53. The van der Waals surface area contributed by atoms with Crippen LogP contribution in [0.1, 0.15) is 40.0 Å². The van der Waals surface area contributed by atoms with Gasteiger partial charge in [0, 0.05) is 13.5 Å². The van der Waals surface area contributed by atoms with Gasteiger partial charge >= 0.3 is 6.09 Å². The average molecular weight is 239 g/mol. The van der Waals surface area contributed by atoms with Gasteiger partial charge in [0.2, 0.25) is 0 Å². The van der Waals surface area contributed by atoms with E-state index in [0.717, 1.165) is 12.8 Å². The third-order valence-corrected chi connectivity index (χ3v) is 2.61. The van der Waals surface area contributed by atoms with Crippen LogP contribution in [0.4, 0.5) is 4.79 Å². The Bertz CT molecular complexity index is 328. The molecule has 0 aliphatic heterocycles. The van der Waals surface area contributed by atoms with Gasteiger partial charge in [0.15, 0.2) is 5.78 Å². The number of ketones is 1. The third kappa shape index (κ3) is 4.59. The lowest BCUT2D eigenvalue weighted by Crippen LogP contribution is -2.39. The fourth-order valence-corrected chi connectivity index (χ4v) is 1.68. The van der Waals surface area contributed by atoms with Gasteiger partial charge in [-0.25, -0.2) is 4.79 Å². The van der Waals surface area contributed by atoms with Crippen molar-refractivity contribution < 1.29 is 14.3 Å². The Morgan fingerprint density at radius 1 is 1.47 bits per heavy atom. The van der Waals surface area contributed by atoms with Crippen LogP contribution in [0, 0.1) is 0 Å². The lowest BCUT2D eigenvalue weighted by Gasteiger charge is -2.28. The second-order valence-electron chi connectivity index (χ2n) is 5.38. The second-order valence-corrected chi connectivity index (χ2v) is 5.38. The van der Waals surface area contributed by atoms with Crippen molar-refractivity contribution in [2.45, 2.75) is 51.7 Å². The van der Waals surface area contributed by atoms with Crippen LogP contribution in [0.25, 0.3) is 0 Å². The van der Waals surface area contributed by atoms with Gasteiger partial charge in [-0.3, -0.25) is 4.79 Å². The number of hydrogen-bond donors (Lipinski definition) is 0. The molecule has 0 radical (unpaired) electrons. The van der Waals surface area contributed by atoms with Gasteiger partial charge in [0.25, 0.3) is 0 Å². The van der Waals surface area contributed by atoms with E-state index in [4.69, 9.17) is 4.74 Å². The molecule has 0 bridgehead atoms. The number of amides is 1. The molecule has 0 spiro atoms. The maximum Gasteiger partial charge on any atom is 0.410 e. The minimum absolute atomic E-state index is 0.0451. The standard InChI is InChI=1S/C13H21NO3/c1-13(2,3)17-12(16)14(4)10-6-5-7-11(15)9-8-10/h8-10H,5-7H2,1-4H3/t10-/m0/s1. The zero-order valence-corrected chi connectivity index (χ0v) is 11.0. The summed E-state index contributed by atoms with van der Waals surface area (Å²) in [6.07, 6.45) is 5.19. The van der Waals surface area contributed by atoms with E-state index in [1.807, 2.05) is 20.8 Å². The first kappa shape index (κ1) is 13.7. The first-order valence-electron chi connectivity index (χ1n) is 5.96. The zero-order chi connectivity index (χ0) is 13.1. The first-order chi connectivity index (χ1) is 7.79. The van der Waals surface area contributed by atoms with Gasteiger partial charge < -0.3 is 9.64 Å². The molecule has 0 N–H and O–H groups in total. The minimum Gasteiger partial charge on any atom is -0.444 e. The average Bonchev–Trinajstić information content (AvgIpc) is 2.39. The summed E-state index contributed by atoms with van der Waals surface area (Å²) in [5.41, 5.74) is -0.490. The van der Waals surface area contributed by atoms with Crippen LogP contribution < -0.4 is 0 Å². The van der Waals surface area contributed by atoms with Crippen molar-refractivity contribution in [1.82, 2.24) is 4.90 Å². The molecular weight excluding hydrogens is 218 g/mol. The van der Waals surface area contributed by atoms with Crippen LogP contribution in [-0.4, -0.2) is 35.5 Å². The number of allylic oxidation sites excluding steroid dienone is 1. The van der Waals surface area contributed by atoms with E-state index in [-0.39, 0.29) is 17.9 Å². The Hall–Kier alpha value is -1.32. The van der Waals surface area contributed by atoms with E-state index in [2.05, 4.69) is 0 Å². The Balaban J connectivity index is 2.62. The van der Waals surface area contributed by atoms with Crippen LogP contribution in [0.3, 0.4) is 0 Å². The van der Waals surface area contributed by atoms with Crippen molar-refractivity contribution in [3.8, 4) is 0 Å². The lowest BCUT2D eigenvalue weighted by atomic mass is 10.1. The number of ether oxygens (including phenoxy) is 1. The summed E-state index contributed by atoms with van der Waals surface area (Å²) < 4.78 is 5.29. The molecule has 0 aromatic rings. The SMILES string of the molecule is CN(C(=O)OC(C)(C)C)[C@@H]1C=CC(=O)CCC1. The molecule has 4 heteroatoms. The van der Waals surface area contributed by atoms with Gasteiger partial charge in [-0.05, 0) is 39.7 Å². The van der Waals surface area contributed by atoms with E-state index in [1.165, 1.54) is 0 Å². The molecular formula is C13H21NO3. The highest BCUT2D eigenvalue weighted by atomic mass is 16.6. The Kier molecular flexibility index (Phi) is 4.32. The van der Waals surface area contributed by atoms with Crippen molar-refractivity contribution in [3.05, 3.63) is 12.2 Å². The van der Waals surface area contributed by atoms with Crippen molar-refractivity contribution >= 4 is 11.9 Å². The number of rotatable bonds is 1. The lowest BCUT2D eigenvalue weighted by molar-refractivity contribution is -0.114. The Labute approximate surface area is 103 Å². The molecule has 0 saturated carbocycles. The molecule has 0 heterocycles. The van der Waals surface area contributed by atoms with E-state index in [1.54, 1.807) is 24.1 Å². The summed E-state index contributed by atoms with van der Waals surface area (Å²) in [6, 6.07) is -0.0451. The van der Waals surface area contributed by atoms with Crippen molar-refractivity contribution in [3.63, 3.8) is 0 Å². The fourth-order valence-electron chi connectivity index (χ4n) is 1.68. The van der Waals surface area contributed by atoms with Crippen LogP contribution in [-0.2, 0) is 9.53 Å². The molecule has 0 fully saturated rings. The molecule has 96 valence electrons. The number of nitrogens with zero attached hydrogens (tertiary/aromatic N) is 1. The highest BCUT2D eigenvalue weighted by Crippen LogP contribution is 2.17. The second kappa shape index (κ2) is 5.34. The maximum atomic E-state index is 11.8. The summed E-state index contributed by atoms with van der Waals surface area (Å²) in [4.78, 5) is 24.6. The quantitative estimate of drug-likeness (QED) is 0.706. The molecule has 0 unspecified atom stereocenters. The largest absolute Gasteiger partial charge is 0.444 e. The number of hydrogen-bond acceptors (Lipinski definition) is 3. The van der Waals surface area contributed by atoms with E-state index in [9.17, 15) is 9.59 Å². The molecule has 1 aliphatic carbocycles. The molecule has 0 aromatic heterocycles. The van der Waals surface area contributed by atoms with Crippen molar-refractivity contribution in [2.24, 2.45) is 0 Å². The number of carbonyl (C=O) groups excluding carboxylic acids is 2. The van der Waals surface area contributed by atoms with Gasteiger partial charge in [-0.2, -0.15) is 0 Å². The van der Waals surface area contributed by atoms with Gasteiger partial charge in [-0.15, -0.1) is 0 Å². The van der Waals surface area contributed by atoms with Gasteiger partial charge in [-0.1, -0.05) is 6.08 Å². The Morgan fingerprint density at radius 3 is 2.71 bits per heavy atom. The fraction of sp³-hybridized carbons (Fsp3) is 0.692. The summed E-state index contributed by atoms with van der Waals surface area (Å²) >= 11 is 0. The highest BCUT2D eigenvalue weighted by molar-refractivity contribution is 5.90. The van der Waals surface area contributed by atoms with Crippen molar-refractivity contribution in [2.75, 3.05) is 7.05 Å². The summed E-state index contributed by atoms with van der Waals surface area (Å²) in [5, 5.41) is 0. The van der Waals surface area contributed by atoms with E-state index < -0.39 is 5.60 Å². The molecule has 0 saturated heterocycles. The molecule has 1 aliphatic rings. The number of likely N-dealkylation sites (N-methyl/N-ethyl adjacent to an activating group) is 1. The monoisotopic (exact) mass is 239 g/mol. The molecule has 0 aromatic carbocycles. The van der Waals surface area contributed by atoms with Crippen LogP contribution in [0.2, 0.25) is 0 Å². The minimum atomic E-state index is -0.490. The molecule has 17 heavy (non-hydrogen) atoms. The predicted molar refractivity (Wildman–Crippen MR) is 65.8 cm³/mol. The van der Waals surface area contributed by atoms with E-state index in [0.29, 0.717) is 6.42 Å². The zero-order valence-electron chi connectivity index (χ0n) is 11.0. The summed E-state index contributed by atoms with van der Waals surface area (Å²) in [6.45, 7) is 5.52. The topological polar surface area (TPSA) is 46.6 Å². The summed E-state index contributed by atoms with van der Waals surface area (Å²) in [5.74, 6) is 0.130. The highest BCUT2D eigenvalue weighted by Gasteiger charge is 2.24. The summed E-state index contributed by atoms with van der Waals surface area (Å²) in [7, 11) is 1.71. The third-order valence-electron chi connectivity index (χ3n) is 2.61. The normalized spacial score (nSPS) is 20.9. The van der Waals surface area contributed by atoms with Crippen LogP contribution in [0.5, 0.6) is 0 Å². The van der Waals surface area contributed by atoms with E-state index >= 15 is 0 Å². The maximum absolute atomic E-state index is 11.8. The van der Waals surface area contributed by atoms with Gasteiger partial charge in [0.1, 0.15) is 5.60 Å². The van der Waals surface area contributed by atoms with Crippen molar-refractivity contribution in [1.29, 1.82) is 0 Å². The molecule has 1 rings (SSSR count). The van der Waals surface area contributed by atoms with Gasteiger partial charge in [0.05, 0.1) is 6.04 Å². The molecule has 1 amide bonds. The van der Waals surface area contributed by atoms with Crippen LogP contribution in [0.15, 0.2) is 12.2 Å². The smallest absolute Gasteiger partial charge is 0.410 e. The first-order valence-corrected chi connectivity index (χ1v) is 5.96. The molecule has 1 atom stereocenters. The van der Waals surface area contributed by atoms with Crippen LogP contribution >= 0.6 is 0 Å². The number of carbonyl (C=O) groups is 2. The molecule has 4 nitrogen and oxygen atoms in total.